The molecule has 2 heterocycles. The predicted molar refractivity (Wildman–Crippen MR) is 123 cm³/mol. The van der Waals surface area contributed by atoms with E-state index in [1.54, 1.807) is 18.2 Å². The largest absolute Gasteiger partial charge is 0.369 e. The van der Waals surface area contributed by atoms with Gasteiger partial charge in [0.25, 0.3) is 5.91 Å². The van der Waals surface area contributed by atoms with Crippen molar-refractivity contribution < 1.29 is 9.18 Å². The van der Waals surface area contributed by atoms with Crippen LogP contribution in [0.25, 0.3) is 5.69 Å². The van der Waals surface area contributed by atoms with Crippen LogP contribution in [-0.2, 0) is 0 Å². The first-order valence-corrected chi connectivity index (χ1v) is 10.4. The molecule has 3 aromatic rings. The molecular weight excluding hydrogens is 391 g/mol. The van der Waals surface area contributed by atoms with Crippen molar-refractivity contribution in [3.8, 4) is 5.69 Å². The molecule has 0 spiro atoms. The summed E-state index contributed by atoms with van der Waals surface area (Å²) in [6.45, 7) is 6.49. The maximum atomic E-state index is 14.8. The predicted octanol–water partition coefficient (Wildman–Crippen LogP) is 5.10. The molecule has 0 bridgehead atoms. The molecule has 0 saturated heterocycles. The minimum atomic E-state index is -0.358. The van der Waals surface area contributed by atoms with E-state index in [0.717, 1.165) is 23.4 Å². The van der Waals surface area contributed by atoms with Crippen LogP contribution in [0.3, 0.4) is 0 Å². The zero-order chi connectivity index (χ0) is 22.2. The number of amides is 1. The number of aromatic nitrogens is 1. The van der Waals surface area contributed by atoms with Gasteiger partial charge < -0.3 is 9.47 Å². The van der Waals surface area contributed by atoms with Crippen molar-refractivity contribution in [3.63, 3.8) is 0 Å². The molecule has 1 aliphatic heterocycles. The summed E-state index contributed by atoms with van der Waals surface area (Å²) in [4.78, 5) is 14.6. The fourth-order valence-electron chi connectivity index (χ4n) is 4.24. The number of carbonyl (C=O) groups excluding carboxylic acids is 1. The van der Waals surface area contributed by atoms with Crippen LogP contribution in [0.5, 0.6) is 0 Å². The number of nitrogens with zero attached hydrogens (tertiary/aromatic N) is 3. The summed E-state index contributed by atoms with van der Waals surface area (Å²) in [5, 5.41) is 4.01. The average Bonchev–Trinajstić information content (AvgIpc) is 3.28. The zero-order valence-corrected chi connectivity index (χ0v) is 18.3. The Kier molecular flexibility index (Phi) is 5.39. The molecule has 4 rings (SSSR count). The number of anilines is 1. The van der Waals surface area contributed by atoms with Crippen molar-refractivity contribution in [1.82, 2.24) is 9.99 Å². The zero-order valence-electron chi connectivity index (χ0n) is 18.3. The minimum absolute atomic E-state index is 0.0301. The summed E-state index contributed by atoms with van der Waals surface area (Å²) >= 11 is 0. The van der Waals surface area contributed by atoms with Gasteiger partial charge in [-0.1, -0.05) is 13.0 Å². The van der Waals surface area contributed by atoms with Crippen LogP contribution in [0.4, 0.5) is 10.1 Å². The Morgan fingerprint density at radius 3 is 2.68 bits per heavy atom. The van der Waals surface area contributed by atoms with Crippen LogP contribution in [0.2, 0.25) is 0 Å². The third kappa shape index (κ3) is 4.10. The molecule has 1 atom stereocenters. The molecule has 2 aromatic carbocycles. The van der Waals surface area contributed by atoms with Gasteiger partial charge in [0.1, 0.15) is 5.82 Å². The first kappa shape index (κ1) is 20.8. The smallest absolute Gasteiger partial charge is 0.271 e. The quantitative estimate of drug-likeness (QED) is 0.473. The molecule has 0 radical (unpaired) electrons. The molecule has 0 aliphatic carbocycles. The number of benzene rings is 2. The average molecular weight is 419 g/mol. The van der Waals surface area contributed by atoms with Crippen LogP contribution < -0.4 is 10.3 Å². The van der Waals surface area contributed by atoms with E-state index in [1.165, 1.54) is 6.21 Å². The number of hydrazone groups is 1. The van der Waals surface area contributed by atoms with Crippen LogP contribution in [0, 0.1) is 5.82 Å². The van der Waals surface area contributed by atoms with E-state index in [1.807, 2.05) is 54.3 Å². The number of carbonyl (C=O) groups is 1. The lowest BCUT2D eigenvalue weighted by Gasteiger charge is -2.45. The van der Waals surface area contributed by atoms with Gasteiger partial charge in [-0.3, -0.25) is 4.79 Å². The molecule has 6 heteroatoms. The Morgan fingerprint density at radius 2 is 1.94 bits per heavy atom. The molecular formula is C25H27FN4O. The highest BCUT2D eigenvalue weighted by atomic mass is 19.1. The van der Waals surface area contributed by atoms with Crippen molar-refractivity contribution in [1.29, 1.82) is 0 Å². The van der Waals surface area contributed by atoms with Crippen molar-refractivity contribution in [3.05, 3.63) is 83.4 Å². The first-order valence-electron chi connectivity index (χ1n) is 10.4. The van der Waals surface area contributed by atoms with E-state index >= 15 is 0 Å². The fourth-order valence-corrected chi connectivity index (χ4v) is 4.24. The van der Waals surface area contributed by atoms with E-state index < -0.39 is 0 Å². The summed E-state index contributed by atoms with van der Waals surface area (Å²) in [6, 6.07) is 14.5. The van der Waals surface area contributed by atoms with E-state index in [0.29, 0.717) is 17.0 Å². The van der Waals surface area contributed by atoms with Crippen LogP contribution in [0.1, 0.15) is 54.6 Å². The summed E-state index contributed by atoms with van der Waals surface area (Å²) in [7, 11) is 2.00. The lowest BCUT2D eigenvalue weighted by atomic mass is 9.80. The van der Waals surface area contributed by atoms with Gasteiger partial charge in [0.05, 0.1) is 6.21 Å². The highest BCUT2D eigenvalue weighted by Gasteiger charge is 2.34. The van der Waals surface area contributed by atoms with Gasteiger partial charge in [-0.15, -0.1) is 0 Å². The Morgan fingerprint density at radius 1 is 1.19 bits per heavy atom. The standard InChI is InChI=1S/C25H27FN4O/c1-17-15-25(2,3)29(4)23-14-22(26)19(13-21(17)23)16-27-28-24(31)18-8-7-9-20(12-18)30-10-5-6-11-30/h5-14,16-17H,15H2,1-4H3,(H,28,31)/b27-16+. The molecule has 0 fully saturated rings. The second kappa shape index (κ2) is 8.02. The van der Waals surface area contributed by atoms with Gasteiger partial charge in [-0.2, -0.15) is 5.10 Å². The summed E-state index contributed by atoms with van der Waals surface area (Å²) in [6.07, 6.45) is 6.17. The number of rotatable bonds is 4. The fraction of sp³-hybridized carbons (Fsp3) is 0.280. The number of fused-ring (bicyclic) bond motifs is 1. The van der Waals surface area contributed by atoms with E-state index in [4.69, 9.17) is 0 Å². The van der Waals surface area contributed by atoms with Crippen LogP contribution in [0.15, 0.2) is 66.0 Å². The lowest BCUT2D eigenvalue weighted by molar-refractivity contribution is 0.0955. The molecule has 1 N–H and O–H groups in total. The number of halogens is 1. The molecule has 1 aromatic heterocycles. The van der Waals surface area contributed by atoms with Gasteiger partial charge in [0.2, 0.25) is 0 Å². The SMILES string of the molecule is CC1CC(C)(C)N(C)c2cc(F)c(/C=N/NC(=O)c3cccc(-n4cccc4)c3)cc21. The molecule has 0 saturated carbocycles. The Labute approximate surface area is 182 Å². The van der Waals surface area contributed by atoms with Crippen molar-refractivity contribution in [2.45, 2.75) is 38.6 Å². The highest BCUT2D eigenvalue weighted by Crippen LogP contribution is 2.43. The first-order chi connectivity index (χ1) is 14.8. The monoisotopic (exact) mass is 418 g/mol. The van der Waals surface area contributed by atoms with Crippen molar-refractivity contribution in [2.24, 2.45) is 5.10 Å². The number of hydrogen-bond acceptors (Lipinski definition) is 3. The van der Waals surface area contributed by atoms with Crippen molar-refractivity contribution in [2.75, 3.05) is 11.9 Å². The van der Waals surface area contributed by atoms with Gasteiger partial charge >= 0.3 is 0 Å². The molecule has 5 nitrogen and oxygen atoms in total. The second-order valence-corrected chi connectivity index (χ2v) is 8.75. The molecule has 1 unspecified atom stereocenters. The van der Waals surface area contributed by atoms with Gasteiger partial charge in [0.15, 0.2) is 0 Å². The normalized spacial score (nSPS) is 17.6. The van der Waals surface area contributed by atoms with Crippen molar-refractivity contribution >= 4 is 17.8 Å². The van der Waals surface area contributed by atoms with Crippen LogP contribution >= 0.6 is 0 Å². The Bertz CT molecular complexity index is 1130. The maximum absolute atomic E-state index is 14.8. The molecule has 1 amide bonds. The van der Waals surface area contributed by atoms with Crippen LogP contribution in [-0.4, -0.2) is 29.3 Å². The summed E-state index contributed by atoms with van der Waals surface area (Å²) < 4.78 is 16.7. The number of nitrogens with one attached hydrogen (secondary N) is 1. The second-order valence-electron chi connectivity index (χ2n) is 8.75. The minimum Gasteiger partial charge on any atom is -0.369 e. The van der Waals surface area contributed by atoms with E-state index in [-0.39, 0.29) is 17.3 Å². The molecule has 1 aliphatic rings. The maximum Gasteiger partial charge on any atom is 0.271 e. The summed E-state index contributed by atoms with van der Waals surface area (Å²) in [5.41, 5.74) is 6.19. The van der Waals surface area contributed by atoms with Gasteiger partial charge in [0, 0.05) is 47.5 Å². The number of hydrogen-bond donors (Lipinski definition) is 1. The van der Waals surface area contributed by atoms with E-state index in [9.17, 15) is 9.18 Å². The van der Waals surface area contributed by atoms with Gasteiger partial charge in [-0.25, -0.2) is 9.82 Å². The summed E-state index contributed by atoms with van der Waals surface area (Å²) in [5.74, 6) is -0.401. The third-order valence-corrected chi connectivity index (χ3v) is 6.13. The highest BCUT2D eigenvalue weighted by molar-refractivity contribution is 5.95. The Balaban J connectivity index is 1.52. The van der Waals surface area contributed by atoms with Gasteiger partial charge in [-0.05, 0) is 74.2 Å². The lowest BCUT2D eigenvalue weighted by Crippen LogP contribution is -2.45. The molecule has 31 heavy (non-hydrogen) atoms. The topological polar surface area (TPSA) is 49.6 Å². The van der Waals surface area contributed by atoms with E-state index in [2.05, 4.69) is 36.2 Å². The molecule has 160 valence electrons. The Hall–Kier alpha value is -3.41. The third-order valence-electron chi connectivity index (χ3n) is 6.13.